The minimum atomic E-state index is -3.00. The topological polar surface area (TPSA) is 69.0 Å². The van der Waals surface area contributed by atoms with Crippen LogP contribution in [0.5, 0.6) is 0 Å². The highest BCUT2D eigenvalue weighted by molar-refractivity contribution is 7.91. The molecule has 1 aromatic heterocycles. The van der Waals surface area contributed by atoms with Gasteiger partial charge in [-0.1, -0.05) is 6.92 Å². The van der Waals surface area contributed by atoms with Gasteiger partial charge in [-0.3, -0.25) is 9.48 Å². The predicted octanol–water partition coefficient (Wildman–Crippen LogP) is 0.911. The van der Waals surface area contributed by atoms with E-state index in [1.54, 1.807) is 10.9 Å². The van der Waals surface area contributed by atoms with Crippen LogP contribution in [-0.2, 0) is 16.4 Å². The maximum atomic E-state index is 12.0. The monoisotopic (exact) mass is 256 g/mol. The zero-order chi connectivity index (χ0) is 12.5. The van der Waals surface area contributed by atoms with Crippen LogP contribution >= 0.6 is 0 Å². The molecule has 17 heavy (non-hydrogen) atoms. The van der Waals surface area contributed by atoms with E-state index in [0.717, 1.165) is 13.0 Å². The van der Waals surface area contributed by atoms with Crippen molar-refractivity contribution in [3.63, 3.8) is 0 Å². The van der Waals surface area contributed by atoms with Crippen molar-refractivity contribution in [2.45, 2.75) is 26.3 Å². The summed E-state index contributed by atoms with van der Waals surface area (Å²) >= 11 is 0. The SMILES string of the molecule is CCCn1cc(C(=O)C2CCS(=O)(=O)C2)cn1. The van der Waals surface area contributed by atoms with E-state index < -0.39 is 9.84 Å². The molecule has 6 heteroatoms. The van der Waals surface area contributed by atoms with Crippen LogP contribution < -0.4 is 0 Å². The Hall–Kier alpha value is -1.17. The molecule has 0 spiro atoms. The van der Waals surface area contributed by atoms with Crippen LogP contribution in [0.3, 0.4) is 0 Å². The van der Waals surface area contributed by atoms with Crippen molar-refractivity contribution < 1.29 is 13.2 Å². The standard InChI is InChI=1S/C11H16N2O3S/c1-2-4-13-7-10(6-12-13)11(14)9-3-5-17(15,16)8-9/h6-7,9H,2-5,8H2,1H3. The third kappa shape index (κ3) is 2.74. The van der Waals surface area contributed by atoms with Crippen molar-refractivity contribution in [2.75, 3.05) is 11.5 Å². The minimum Gasteiger partial charge on any atom is -0.294 e. The number of Topliss-reactive ketones (excluding diaryl/α,β-unsaturated/α-hetero) is 1. The lowest BCUT2D eigenvalue weighted by molar-refractivity contribution is 0.0933. The van der Waals surface area contributed by atoms with E-state index in [2.05, 4.69) is 5.10 Å². The molecule has 1 aliphatic rings. The maximum Gasteiger partial charge on any atom is 0.170 e. The van der Waals surface area contributed by atoms with Crippen molar-refractivity contribution in [3.8, 4) is 0 Å². The average Bonchev–Trinajstić information content (AvgIpc) is 2.85. The number of hydrogen-bond acceptors (Lipinski definition) is 4. The number of nitrogens with zero attached hydrogens (tertiary/aromatic N) is 2. The van der Waals surface area contributed by atoms with Gasteiger partial charge in [-0.15, -0.1) is 0 Å². The second-order valence-corrected chi connectivity index (χ2v) is 6.69. The highest BCUT2D eigenvalue weighted by atomic mass is 32.2. The Bertz CT molecular complexity index is 519. The number of carbonyl (C=O) groups is 1. The highest BCUT2D eigenvalue weighted by Crippen LogP contribution is 2.22. The van der Waals surface area contributed by atoms with E-state index in [1.165, 1.54) is 6.20 Å². The van der Waals surface area contributed by atoms with E-state index in [0.29, 0.717) is 12.0 Å². The summed E-state index contributed by atoms with van der Waals surface area (Å²) in [6.07, 6.45) is 4.63. The summed E-state index contributed by atoms with van der Waals surface area (Å²) in [7, 11) is -3.00. The van der Waals surface area contributed by atoms with Gasteiger partial charge in [-0.05, 0) is 12.8 Å². The molecule has 1 saturated heterocycles. The van der Waals surface area contributed by atoms with Crippen LogP contribution in [0.1, 0.15) is 30.1 Å². The number of ketones is 1. The van der Waals surface area contributed by atoms with Crippen molar-refractivity contribution in [2.24, 2.45) is 5.92 Å². The molecule has 0 N–H and O–H groups in total. The average molecular weight is 256 g/mol. The van der Waals surface area contributed by atoms with Crippen molar-refractivity contribution in [1.82, 2.24) is 9.78 Å². The minimum absolute atomic E-state index is 0.00914. The molecule has 0 saturated carbocycles. The molecule has 2 rings (SSSR count). The van der Waals surface area contributed by atoms with Crippen LogP contribution in [0.25, 0.3) is 0 Å². The molecule has 0 radical (unpaired) electrons. The first-order chi connectivity index (χ1) is 8.02. The summed E-state index contributed by atoms with van der Waals surface area (Å²) in [5, 5.41) is 4.08. The molecule has 94 valence electrons. The summed E-state index contributed by atoms with van der Waals surface area (Å²) in [5.74, 6) is -0.343. The van der Waals surface area contributed by atoms with Crippen LogP contribution in [0.15, 0.2) is 12.4 Å². The van der Waals surface area contributed by atoms with Crippen molar-refractivity contribution in [3.05, 3.63) is 18.0 Å². The molecular weight excluding hydrogens is 240 g/mol. The molecule has 0 aliphatic carbocycles. The fraction of sp³-hybridized carbons (Fsp3) is 0.636. The molecule has 1 atom stereocenters. The summed E-state index contributed by atoms with van der Waals surface area (Å²) < 4.78 is 24.3. The van der Waals surface area contributed by atoms with Gasteiger partial charge in [-0.2, -0.15) is 5.10 Å². The molecular formula is C11H16N2O3S. The molecule has 0 amide bonds. The first kappa shape index (κ1) is 12.3. The van der Waals surface area contributed by atoms with E-state index in [-0.39, 0.29) is 23.2 Å². The maximum absolute atomic E-state index is 12.0. The molecule has 2 heterocycles. The van der Waals surface area contributed by atoms with Crippen molar-refractivity contribution in [1.29, 1.82) is 0 Å². The van der Waals surface area contributed by atoms with Gasteiger partial charge in [0.1, 0.15) is 0 Å². The van der Waals surface area contributed by atoms with Crippen LogP contribution in [0.2, 0.25) is 0 Å². The normalized spacial score (nSPS) is 22.8. The smallest absolute Gasteiger partial charge is 0.170 e. The number of sulfone groups is 1. The number of aryl methyl sites for hydroxylation is 1. The van der Waals surface area contributed by atoms with E-state index in [1.807, 2.05) is 6.92 Å². The second kappa shape index (κ2) is 4.60. The molecule has 1 aromatic rings. The Morgan fingerprint density at radius 3 is 2.94 bits per heavy atom. The summed E-state index contributed by atoms with van der Waals surface area (Å²) in [6, 6.07) is 0. The Labute approximate surface area is 101 Å². The van der Waals surface area contributed by atoms with Gasteiger partial charge in [0.05, 0.1) is 23.3 Å². The Morgan fingerprint density at radius 1 is 1.59 bits per heavy atom. The van der Waals surface area contributed by atoms with Crippen LogP contribution in [0.4, 0.5) is 0 Å². The fourth-order valence-electron chi connectivity index (χ4n) is 2.08. The predicted molar refractivity (Wildman–Crippen MR) is 63.6 cm³/mol. The number of hydrogen-bond donors (Lipinski definition) is 0. The van der Waals surface area contributed by atoms with Gasteiger partial charge in [0.25, 0.3) is 0 Å². The third-order valence-electron chi connectivity index (χ3n) is 2.97. The van der Waals surface area contributed by atoms with Crippen LogP contribution in [0, 0.1) is 5.92 Å². The van der Waals surface area contributed by atoms with Gasteiger partial charge in [0.15, 0.2) is 15.6 Å². The number of rotatable bonds is 4. The van der Waals surface area contributed by atoms with Crippen LogP contribution in [-0.4, -0.2) is 35.5 Å². The Balaban J connectivity index is 2.09. The van der Waals surface area contributed by atoms with Gasteiger partial charge < -0.3 is 0 Å². The number of carbonyl (C=O) groups excluding carboxylic acids is 1. The van der Waals surface area contributed by atoms with E-state index in [4.69, 9.17) is 0 Å². The van der Waals surface area contributed by atoms with Gasteiger partial charge in [0.2, 0.25) is 0 Å². The quantitative estimate of drug-likeness (QED) is 0.751. The molecule has 0 bridgehead atoms. The first-order valence-corrected chi connectivity index (χ1v) is 7.61. The summed E-state index contributed by atoms with van der Waals surface area (Å²) in [5.41, 5.74) is 0.528. The lowest BCUT2D eigenvalue weighted by Crippen LogP contribution is -2.15. The van der Waals surface area contributed by atoms with Gasteiger partial charge in [-0.25, -0.2) is 8.42 Å². The number of aromatic nitrogens is 2. The summed E-state index contributed by atoms with van der Waals surface area (Å²) in [6.45, 7) is 2.81. The Kier molecular flexibility index (Phi) is 3.33. The highest BCUT2D eigenvalue weighted by Gasteiger charge is 2.33. The van der Waals surface area contributed by atoms with E-state index >= 15 is 0 Å². The van der Waals surface area contributed by atoms with E-state index in [9.17, 15) is 13.2 Å². The summed E-state index contributed by atoms with van der Waals surface area (Å²) in [4.78, 5) is 12.0. The zero-order valence-electron chi connectivity index (χ0n) is 9.80. The lowest BCUT2D eigenvalue weighted by atomic mass is 10.00. The lowest BCUT2D eigenvalue weighted by Gasteiger charge is -2.03. The second-order valence-electron chi connectivity index (χ2n) is 4.46. The molecule has 1 fully saturated rings. The zero-order valence-corrected chi connectivity index (χ0v) is 10.6. The van der Waals surface area contributed by atoms with Gasteiger partial charge in [0, 0.05) is 18.7 Å². The molecule has 0 aromatic carbocycles. The molecule has 1 unspecified atom stereocenters. The third-order valence-corrected chi connectivity index (χ3v) is 4.74. The van der Waals surface area contributed by atoms with Crippen molar-refractivity contribution >= 4 is 15.6 Å². The van der Waals surface area contributed by atoms with Gasteiger partial charge >= 0.3 is 0 Å². The first-order valence-electron chi connectivity index (χ1n) is 5.79. The Morgan fingerprint density at radius 2 is 2.35 bits per heavy atom. The largest absolute Gasteiger partial charge is 0.294 e. The fourth-order valence-corrected chi connectivity index (χ4v) is 3.82. The molecule has 1 aliphatic heterocycles. The molecule has 5 nitrogen and oxygen atoms in total.